The summed E-state index contributed by atoms with van der Waals surface area (Å²) < 4.78 is 0. The van der Waals surface area contributed by atoms with Gasteiger partial charge in [0.1, 0.15) is 6.23 Å². The largest absolute Gasteiger partial charge is 0.374 e. The molecular formula is C6H11N3O3. The van der Waals surface area contributed by atoms with Gasteiger partial charge in [-0.2, -0.15) is 0 Å². The first kappa shape index (κ1) is 8.79. The molecular weight excluding hydrogens is 162 g/mol. The third-order valence-electron chi connectivity index (χ3n) is 1.85. The Bertz CT molecular complexity index is 228. The normalized spacial score (nSPS) is 30.1. The Kier molecular flexibility index (Phi) is 1.93. The van der Waals surface area contributed by atoms with E-state index in [-0.39, 0.29) is 0 Å². The predicted octanol–water partition coefficient (Wildman–Crippen LogP) is -0.348. The van der Waals surface area contributed by atoms with Crippen molar-refractivity contribution in [1.29, 1.82) is 0 Å². The van der Waals surface area contributed by atoms with Gasteiger partial charge in [-0.05, 0) is 6.92 Å². The fourth-order valence-electron chi connectivity index (χ4n) is 1.13. The van der Waals surface area contributed by atoms with Crippen LogP contribution in [0.3, 0.4) is 0 Å². The molecule has 1 rings (SSSR count). The summed E-state index contributed by atoms with van der Waals surface area (Å²) in [4.78, 5) is 11.3. The topological polar surface area (TPSA) is 78.6 Å². The van der Waals surface area contributed by atoms with Gasteiger partial charge >= 0.3 is 5.79 Å². The molecule has 6 nitrogen and oxygen atoms in total. The molecule has 1 aliphatic heterocycles. The van der Waals surface area contributed by atoms with Crippen molar-refractivity contribution in [2.24, 2.45) is 0 Å². The highest BCUT2D eigenvalue weighted by molar-refractivity contribution is 4.97. The maximum Gasteiger partial charge on any atom is 0.374 e. The molecule has 6 heteroatoms. The highest BCUT2D eigenvalue weighted by atomic mass is 16.6. The molecule has 0 aromatic rings. The summed E-state index contributed by atoms with van der Waals surface area (Å²) in [6.07, 6.45) is 2.01. The molecule has 0 amide bonds. The van der Waals surface area contributed by atoms with Crippen molar-refractivity contribution in [3.05, 3.63) is 22.5 Å². The van der Waals surface area contributed by atoms with Crippen molar-refractivity contribution < 1.29 is 10.0 Å². The van der Waals surface area contributed by atoms with E-state index >= 15 is 0 Å². The fraction of sp³-hybridized carbons (Fsp3) is 0.667. The Morgan fingerprint density at radius 3 is 2.75 bits per heavy atom. The molecule has 12 heavy (non-hydrogen) atoms. The number of aliphatic hydroxyl groups excluding tert-OH is 1. The lowest BCUT2D eigenvalue weighted by atomic mass is 10.3. The maximum absolute atomic E-state index is 10.6. The van der Waals surface area contributed by atoms with E-state index in [1.807, 2.05) is 0 Å². The summed E-state index contributed by atoms with van der Waals surface area (Å²) in [6.45, 7) is 2.86. The number of hydrogen-bond donors (Lipinski definition) is 2. The smallest absolute Gasteiger partial charge is 0.374 e. The van der Waals surface area contributed by atoms with E-state index in [4.69, 9.17) is 5.11 Å². The minimum atomic E-state index is -1.42. The van der Waals surface area contributed by atoms with E-state index in [9.17, 15) is 10.1 Å². The van der Waals surface area contributed by atoms with Crippen molar-refractivity contribution in [2.45, 2.75) is 25.9 Å². The van der Waals surface area contributed by atoms with Gasteiger partial charge in [-0.25, -0.2) is 0 Å². The summed E-state index contributed by atoms with van der Waals surface area (Å²) in [5.41, 5.74) is 0. The lowest BCUT2D eigenvalue weighted by Crippen LogP contribution is -2.57. The first-order chi connectivity index (χ1) is 5.48. The van der Waals surface area contributed by atoms with Crippen molar-refractivity contribution in [3.63, 3.8) is 0 Å². The van der Waals surface area contributed by atoms with Crippen LogP contribution >= 0.6 is 0 Å². The number of nitro groups is 1. The van der Waals surface area contributed by atoms with Crippen LogP contribution in [0.4, 0.5) is 0 Å². The second-order valence-corrected chi connectivity index (χ2v) is 2.78. The average molecular weight is 173 g/mol. The van der Waals surface area contributed by atoms with Crippen LogP contribution in [0.5, 0.6) is 0 Å². The quantitative estimate of drug-likeness (QED) is 0.441. The number of hydrogen-bond acceptors (Lipinski definition) is 5. The molecule has 0 fully saturated rings. The Morgan fingerprint density at radius 1 is 1.83 bits per heavy atom. The highest BCUT2D eigenvalue weighted by Gasteiger charge is 2.46. The zero-order valence-electron chi connectivity index (χ0n) is 6.89. The highest BCUT2D eigenvalue weighted by Crippen LogP contribution is 2.19. The van der Waals surface area contributed by atoms with Gasteiger partial charge in [0.15, 0.2) is 0 Å². The third-order valence-corrected chi connectivity index (χ3v) is 1.85. The Hall–Kier alpha value is -1.30. The zero-order chi connectivity index (χ0) is 9.35. The van der Waals surface area contributed by atoms with Crippen LogP contribution in [0.15, 0.2) is 12.4 Å². The van der Waals surface area contributed by atoms with Crippen LogP contribution in [-0.2, 0) is 0 Å². The second kappa shape index (κ2) is 2.63. The van der Waals surface area contributed by atoms with E-state index in [2.05, 4.69) is 5.32 Å². The van der Waals surface area contributed by atoms with Crippen molar-refractivity contribution in [2.75, 3.05) is 0 Å². The molecule has 0 aromatic carbocycles. The molecule has 0 radical (unpaired) electrons. The van der Waals surface area contributed by atoms with Crippen LogP contribution in [0, 0.1) is 10.1 Å². The summed E-state index contributed by atoms with van der Waals surface area (Å²) in [6, 6.07) is 0. The van der Waals surface area contributed by atoms with Crippen molar-refractivity contribution >= 4 is 0 Å². The van der Waals surface area contributed by atoms with Crippen LogP contribution in [0.2, 0.25) is 0 Å². The summed E-state index contributed by atoms with van der Waals surface area (Å²) in [5, 5.41) is 22.3. The van der Waals surface area contributed by atoms with Gasteiger partial charge in [-0.15, -0.1) is 0 Å². The molecule has 0 aliphatic carbocycles. The minimum Gasteiger partial charge on any atom is -0.374 e. The molecule has 0 aromatic heterocycles. The number of rotatable bonds is 2. The molecule has 0 saturated heterocycles. The fourth-order valence-corrected chi connectivity index (χ4v) is 1.13. The predicted molar refractivity (Wildman–Crippen MR) is 41.2 cm³/mol. The van der Waals surface area contributed by atoms with Crippen LogP contribution in [0.25, 0.3) is 0 Å². The molecule has 68 valence electrons. The standard InChI is InChI=1S/C6H11N3O3/c1-5(10)8-4-3-7-6(8,2)9(11)12/h3-5,7,10H,1-2H3. The molecule has 2 unspecified atom stereocenters. The van der Waals surface area contributed by atoms with Gasteiger partial charge in [0.05, 0.1) is 4.92 Å². The molecule has 0 spiro atoms. The summed E-state index contributed by atoms with van der Waals surface area (Å²) in [5.74, 6) is -1.42. The number of aliphatic hydroxyl groups is 1. The Labute approximate surface area is 69.6 Å². The SMILES string of the molecule is CC(O)N1C=CNC1(C)[N+](=O)[O-]. The lowest BCUT2D eigenvalue weighted by molar-refractivity contribution is -0.601. The Morgan fingerprint density at radius 2 is 2.42 bits per heavy atom. The molecule has 0 saturated carbocycles. The van der Waals surface area contributed by atoms with Crippen molar-refractivity contribution in [3.8, 4) is 0 Å². The molecule has 1 heterocycles. The van der Waals surface area contributed by atoms with Crippen LogP contribution < -0.4 is 5.32 Å². The van der Waals surface area contributed by atoms with Gasteiger partial charge in [-0.1, -0.05) is 0 Å². The maximum atomic E-state index is 10.6. The van der Waals surface area contributed by atoms with E-state index in [0.29, 0.717) is 0 Å². The van der Waals surface area contributed by atoms with Crippen molar-refractivity contribution in [1.82, 2.24) is 10.2 Å². The monoisotopic (exact) mass is 173 g/mol. The molecule has 2 N–H and O–H groups in total. The van der Waals surface area contributed by atoms with Gasteiger partial charge < -0.3 is 10.4 Å². The molecule has 0 bridgehead atoms. The second-order valence-electron chi connectivity index (χ2n) is 2.78. The average Bonchev–Trinajstić information content (AvgIpc) is 2.32. The molecule has 2 atom stereocenters. The number of nitrogens with one attached hydrogen (secondary N) is 1. The summed E-state index contributed by atoms with van der Waals surface area (Å²) in [7, 11) is 0. The number of nitrogens with zero attached hydrogens (tertiary/aromatic N) is 2. The summed E-state index contributed by atoms with van der Waals surface area (Å²) >= 11 is 0. The first-order valence-electron chi connectivity index (χ1n) is 3.54. The molecule has 1 aliphatic rings. The van der Waals surface area contributed by atoms with E-state index in [0.717, 1.165) is 0 Å². The van der Waals surface area contributed by atoms with E-state index in [1.165, 1.54) is 31.1 Å². The van der Waals surface area contributed by atoms with Crippen LogP contribution in [-0.4, -0.2) is 26.9 Å². The Balaban J connectivity index is 2.86. The minimum absolute atomic E-state index is 0.486. The van der Waals surface area contributed by atoms with E-state index in [1.54, 1.807) is 0 Å². The van der Waals surface area contributed by atoms with Gasteiger partial charge in [0.2, 0.25) is 0 Å². The van der Waals surface area contributed by atoms with Gasteiger partial charge in [0, 0.05) is 19.3 Å². The lowest BCUT2D eigenvalue weighted by Gasteiger charge is -2.29. The van der Waals surface area contributed by atoms with E-state index < -0.39 is 16.9 Å². The van der Waals surface area contributed by atoms with Crippen LogP contribution in [0.1, 0.15) is 13.8 Å². The van der Waals surface area contributed by atoms with Gasteiger partial charge in [-0.3, -0.25) is 15.0 Å². The third kappa shape index (κ3) is 1.10. The van der Waals surface area contributed by atoms with Gasteiger partial charge in [0.25, 0.3) is 0 Å². The first-order valence-corrected chi connectivity index (χ1v) is 3.54. The zero-order valence-corrected chi connectivity index (χ0v) is 6.89.